The first-order valence-electron chi connectivity index (χ1n) is 8.65. The third-order valence-electron chi connectivity index (χ3n) is 3.86. The van der Waals surface area contributed by atoms with E-state index in [1.165, 1.54) is 32.1 Å². The first-order valence-corrected chi connectivity index (χ1v) is 8.65. The van der Waals surface area contributed by atoms with Gasteiger partial charge in [0.25, 0.3) is 0 Å². The fourth-order valence-corrected chi connectivity index (χ4v) is 2.79. The van der Waals surface area contributed by atoms with Crippen LogP contribution in [0.5, 0.6) is 0 Å². The molecule has 0 aliphatic heterocycles. The van der Waals surface area contributed by atoms with Crippen LogP contribution in [-0.4, -0.2) is 12.6 Å². The van der Waals surface area contributed by atoms with E-state index in [1.54, 1.807) is 0 Å². The smallest absolute Gasteiger partial charge is 0.305 e. The normalized spacial score (nSPS) is 14.3. The Kier molecular flexibility index (Phi) is 11.9. The van der Waals surface area contributed by atoms with Crippen molar-refractivity contribution in [3.05, 3.63) is 0 Å². The molecule has 2 heteroatoms. The lowest BCUT2D eigenvalue weighted by Gasteiger charge is -2.20. The summed E-state index contributed by atoms with van der Waals surface area (Å²) in [6.07, 6.45) is 8.73. The molecule has 0 aromatic heterocycles. The van der Waals surface area contributed by atoms with Crippen LogP contribution >= 0.6 is 0 Å². The zero-order valence-electron chi connectivity index (χ0n) is 14.4. The highest BCUT2D eigenvalue weighted by molar-refractivity contribution is 5.69. The average molecular weight is 284 g/mol. The van der Waals surface area contributed by atoms with Gasteiger partial charge < -0.3 is 4.74 Å². The Morgan fingerprint density at radius 1 is 1.00 bits per heavy atom. The van der Waals surface area contributed by atoms with Crippen molar-refractivity contribution in [3.8, 4) is 0 Å². The molecule has 0 aliphatic rings. The van der Waals surface area contributed by atoms with E-state index in [4.69, 9.17) is 4.74 Å². The van der Waals surface area contributed by atoms with Crippen LogP contribution < -0.4 is 0 Å². The van der Waals surface area contributed by atoms with Gasteiger partial charge in [-0.25, -0.2) is 0 Å². The van der Waals surface area contributed by atoms with Crippen LogP contribution in [0.4, 0.5) is 0 Å². The maximum atomic E-state index is 11.7. The minimum atomic E-state index is -0.00472. The Morgan fingerprint density at radius 2 is 1.65 bits per heavy atom. The highest BCUT2D eigenvalue weighted by Gasteiger charge is 2.14. The summed E-state index contributed by atoms with van der Waals surface area (Å²) in [7, 11) is 0. The van der Waals surface area contributed by atoms with Gasteiger partial charge in [0.05, 0.1) is 6.61 Å². The molecule has 0 saturated carbocycles. The molecule has 0 aromatic carbocycles. The number of ether oxygens (including phenoxy) is 1. The van der Waals surface area contributed by atoms with Crippen molar-refractivity contribution in [2.24, 2.45) is 17.8 Å². The first kappa shape index (κ1) is 19.5. The summed E-state index contributed by atoms with van der Waals surface area (Å²) in [5.41, 5.74) is 0. The minimum absolute atomic E-state index is 0.00472. The largest absolute Gasteiger partial charge is 0.465 e. The van der Waals surface area contributed by atoms with Gasteiger partial charge in [0.15, 0.2) is 0 Å². The van der Waals surface area contributed by atoms with Gasteiger partial charge >= 0.3 is 5.97 Å². The Morgan fingerprint density at radius 3 is 2.20 bits per heavy atom. The molecular formula is C18H36O2. The van der Waals surface area contributed by atoms with E-state index >= 15 is 0 Å². The molecule has 20 heavy (non-hydrogen) atoms. The summed E-state index contributed by atoms with van der Waals surface area (Å²) in [6, 6.07) is 0. The highest BCUT2D eigenvalue weighted by atomic mass is 16.5. The second-order valence-electron chi connectivity index (χ2n) is 6.75. The van der Waals surface area contributed by atoms with Crippen LogP contribution in [0.1, 0.15) is 86.0 Å². The fourth-order valence-electron chi connectivity index (χ4n) is 2.79. The van der Waals surface area contributed by atoms with Gasteiger partial charge in [0.1, 0.15) is 0 Å². The Labute approximate surface area is 126 Å². The third kappa shape index (κ3) is 11.3. The summed E-state index contributed by atoms with van der Waals surface area (Å²) in [6.45, 7) is 11.8. The van der Waals surface area contributed by atoms with E-state index in [9.17, 15) is 4.79 Å². The molecule has 0 bridgehead atoms. The molecule has 0 N–H and O–H groups in total. The van der Waals surface area contributed by atoms with Crippen molar-refractivity contribution >= 4 is 5.97 Å². The zero-order valence-corrected chi connectivity index (χ0v) is 14.4. The topological polar surface area (TPSA) is 26.3 Å². The molecule has 0 spiro atoms. The standard InChI is InChI=1S/C18H36O2/c1-6-9-16(5)13-17(10-7-2)14-20-18(19)12-8-11-15(3)4/h15-17H,6-14H2,1-5H3. The van der Waals surface area contributed by atoms with Gasteiger partial charge in [-0.3, -0.25) is 4.79 Å². The van der Waals surface area contributed by atoms with Crippen molar-refractivity contribution in [1.82, 2.24) is 0 Å². The zero-order chi connectivity index (χ0) is 15.4. The van der Waals surface area contributed by atoms with Gasteiger partial charge in [0.2, 0.25) is 0 Å². The molecule has 0 fully saturated rings. The number of hydrogen-bond donors (Lipinski definition) is 0. The second kappa shape index (κ2) is 12.2. The molecule has 0 amide bonds. The number of carbonyl (C=O) groups excluding carboxylic acids is 1. The summed E-state index contributed by atoms with van der Waals surface area (Å²) >= 11 is 0. The van der Waals surface area contributed by atoms with Gasteiger partial charge in [0, 0.05) is 6.42 Å². The lowest BCUT2D eigenvalue weighted by Crippen LogP contribution is -2.16. The molecule has 0 aromatic rings. The minimum Gasteiger partial charge on any atom is -0.465 e. The molecule has 0 aliphatic carbocycles. The van der Waals surface area contributed by atoms with Gasteiger partial charge in [-0.1, -0.05) is 60.3 Å². The van der Waals surface area contributed by atoms with Crippen LogP contribution in [0.15, 0.2) is 0 Å². The molecule has 2 atom stereocenters. The maximum absolute atomic E-state index is 11.7. The molecule has 2 nitrogen and oxygen atoms in total. The van der Waals surface area contributed by atoms with E-state index in [2.05, 4.69) is 34.6 Å². The number of rotatable bonds is 12. The van der Waals surface area contributed by atoms with Crippen molar-refractivity contribution in [3.63, 3.8) is 0 Å². The fraction of sp³-hybridized carbons (Fsp3) is 0.944. The van der Waals surface area contributed by atoms with E-state index in [1.807, 2.05) is 0 Å². The van der Waals surface area contributed by atoms with Gasteiger partial charge in [-0.05, 0) is 37.0 Å². The number of carbonyl (C=O) groups is 1. The van der Waals surface area contributed by atoms with Crippen molar-refractivity contribution in [2.45, 2.75) is 86.0 Å². The predicted octanol–water partition coefficient (Wildman–Crippen LogP) is 5.60. The molecule has 0 rings (SSSR count). The van der Waals surface area contributed by atoms with Crippen LogP contribution in [0, 0.1) is 17.8 Å². The molecule has 2 unspecified atom stereocenters. The first-order chi connectivity index (χ1) is 9.49. The molecule has 120 valence electrons. The van der Waals surface area contributed by atoms with Gasteiger partial charge in [-0.2, -0.15) is 0 Å². The lowest BCUT2D eigenvalue weighted by atomic mass is 9.90. The summed E-state index contributed by atoms with van der Waals surface area (Å²) < 4.78 is 5.48. The second-order valence-corrected chi connectivity index (χ2v) is 6.75. The maximum Gasteiger partial charge on any atom is 0.305 e. The van der Waals surface area contributed by atoms with Crippen LogP contribution in [0.3, 0.4) is 0 Å². The predicted molar refractivity (Wildman–Crippen MR) is 86.7 cm³/mol. The Hall–Kier alpha value is -0.530. The summed E-state index contributed by atoms with van der Waals surface area (Å²) in [5, 5.41) is 0. The highest BCUT2D eigenvalue weighted by Crippen LogP contribution is 2.21. The monoisotopic (exact) mass is 284 g/mol. The lowest BCUT2D eigenvalue weighted by molar-refractivity contribution is -0.145. The van der Waals surface area contributed by atoms with E-state index < -0.39 is 0 Å². The van der Waals surface area contributed by atoms with Crippen LogP contribution in [0.25, 0.3) is 0 Å². The molecular weight excluding hydrogens is 248 g/mol. The van der Waals surface area contributed by atoms with Crippen molar-refractivity contribution < 1.29 is 9.53 Å². The SMILES string of the molecule is CCCC(C)CC(CCC)COC(=O)CCCC(C)C. The molecule has 0 radical (unpaired) electrons. The average Bonchev–Trinajstić information content (AvgIpc) is 2.36. The Balaban J connectivity index is 3.91. The van der Waals surface area contributed by atoms with E-state index in [-0.39, 0.29) is 5.97 Å². The van der Waals surface area contributed by atoms with E-state index in [0.717, 1.165) is 18.8 Å². The van der Waals surface area contributed by atoms with Crippen LogP contribution in [0.2, 0.25) is 0 Å². The molecule has 0 saturated heterocycles. The Bertz CT molecular complexity index is 236. The number of hydrogen-bond acceptors (Lipinski definition) is 2. The molecule has 0 heterocycles. The van der Waals surface area contributed by atoms with Gasteiger partial charge in [-0.15, -0.1) is 0 Å². The van der Waals surface area contributed by atoms with Crippen molar-refractivity contribution in [2.75, 3.05) is 6.61 Å². The van der Waals surface area contributed by atoms with Crippen molar-refractivity contribution in [1.29, 1.82) is 0 Å². The summed E-state index contributed by atoms with van der Waals surface area (Å²) in [5.74, 6) is 1.97. The quantitative estimate of drug-likeness (QED) is 0.436. The third-order valence-corrected chi connectivity index (χ3v) is 3.86. The number of esters is 1. The summed E-state index contributed by atoms with van der Waals surface area (Å²) in [4.78, 5) is 11.7. The van der Waals surface area contributed by atoms with E-state index in [0.29, 0.717) is 24.9 Å². The van der Waals surface area contributed by atoms with Crippen LogP contribution in [-0.2, 0) is 9.53 Å².